The Kier molecular flexibility index (Phi) is 6.43. The molecule has 3 N–H and O–H groups in total. The van der Waals surface area contributed by atoms with Crippen LogP contribution < -0.4 is 16.0 Å². The molecule has 2 aromatic rings. The molecule has 3 heterocycles. The van der Waals surface area contributed by atoms with Gasteiger partial charge in [-0.3, -0.25) is 29.4 Å². The number of piperidine rings is 1. The number of carbonyl (C=O) groups excluding carboxylic acids is 5. The maximum absolute atomic E-state index is 12.9. The van der Waals surface area contributed by atoms with Gasteiger partial charge in [-0.15, -0.1) is 0 Å². The van der Waals surface area contributed by atoms with Gasteiger partial charge in [0.25, 0.3) is 11.8 Å². The first-order chi connectivity index (χ1) is 17.7. The minimum atomic E-state index is -1.02. The number of halogens is 1. The van der Waals surface area contributed by atoms with Gasteiger partial charge in [0.2, 0.25) is 11.8 Å². The molecule has 1 fully saturated rings. The van der Waals surface area contributed by atoms with Gasteiger partial charge >= 0.3 is 6.03 Å². The Labute approximate surface area is 217 Å². The fraction of sp³-hybridized carbons (Fsp3) is 0.269. The Bertz CT molecular complexity index is 1390. The largest absolute Gasteiger partial charge is 0.351 e. The summed E-state index contributed by atoms with van der Waals surface area (Å²) in [5.41, 5.74) is 4.14. The van der Waals surface area contributed by atoms with Crippen LogP contribution in [0.3, 0.4) is 0 Å². The third-order valence-electron chi connectivity index (χ3n) is 6.68. The normalized spacial score (nSPS) is 19.4. The molecule has 0 spiro atoms. The lowest BCUT2D eigenvalue weighted by Gasteiger charge is -2.29. The van der Waals surface area contributed by atoms with Crippen molar-refractivity contribution in [1.29, 1.82) is 0 Å². The molecule has 3 aliphatic heterocycles. The maximum Gasteiger partial charge on any atom is 0.322 e. The summed E-state index contributed by atoms with van der Waals surface area (Å²) in [5, 5.41) is 8.59. The van der Waals surface area contributed by atoms with Crippen LogP contribution in [0.1, 0.15) is 29.5 Å². The fourth-order valence-corrected chi connectivity index (χ4v) is 4.82. The Morgan fingerprint density at radius 3 is 2.57 bits per heavy atom. The van der Waals surface area contributed by atoms with Crippen molar-refractivity contribution in [3.63, 3.8) is 0 Å². The van der Waals surface area contributed by atoms with Gasteiger partial charge < -0.3 is 15.5 Å². The van der Waals surface area contributed by atoms with E-state index in [1.165, 1.54) is 0 Å². The van der Waals surface area contributed by atoms with E-state index in [-0.39, 0.29) is 24.6 Å². The van der Waals surface area contributed by atoms with E-state index in [0.717, 1.165) is 27.7 Å². The molecule has 3 aliphatic rings. The molecule has 1 saturated heterocycles. The Morgan fingerprint density at radius 2 is 1.81 bits per heavy atom. The summed E-state index contributed by atoms with van der Waals surface area (Å²) in [4.78, 5) is 64.5. The van der Waals surface area contributed by atoms with E-state index < -0.39 is 29.7 Å². The lowest BCUT2D eigenvalue weighted by atomic mass is 9.99. The Hall–Kier alpha value is -4.18. The number of imide groups is 2. The molecule has 0 aromatic heterocycles. The molecule has 10 nitrogen and oxygen atoms in total. The predicted molar refractivity (Wildman–Crippen MR) is 135 cm³/mol. The number of anilines is 2. The topological polar surface area (TPSA) is 128 Å². The van der Waals surface area contributed by atoms with E-state index in [2.05, 4.69) is 16.0 Å². The Morgan fingerprint density at radius 1 is 1.03 bits per heavy atom. The molecular formula is C26H24ClN5O5. The van der Waals surface area contributed by atoms with Crippen molar-refractivity contribution in [2.24, 2.45) is 0 Å². The van der Waals surface area contributed by atoms with E-state index in [1.807, 2.05) is 25.1 Å². The van der Waals surface area contributed by atoms with Crippen molar-refractivity contribution in [2.45, 2.75) is 38.8 Å². The zero-order valence-corrected chi connectivity index (χ0v) is 20.7. The van der Waals surface area contributed by atoms with Crippen LogP contribution >= 0.6 is 11.6 Å². The van der Waals surface area contributed by atoms with Crippen molar-refractivity contribution in [1.82, 2.24) is 15.1 Å². The number of urea groups is 1. The molecule has 1 atom stereocenters. The number of amides is 6. The number of aryl methyl sites for hydroxylation is 1. The Balaban J connectivity index is 1.26. The highest BCUT2D eigenvalue weighted by molar-refractivity contribution is 6.31. The molecule has 0 radical (unpaired) electrons. The number of carbonyl (C=O) groups is 5. The van der Waals surface area contributed by atoms with Gasteiger partial charge in [-0.2, -0.15) is 0 Å². The standard InChI is InChI=1S/C26H24ClN5O5/c1-14-2-4-18(11-19(14)27)29-26(37)31-9-8-15-3-5-17(10-16(15)13-31)28-20-12-23(34)32(25(20)36)21-6-7-22(33)30-24(21)35/h2-5,10-12,21,28H,6-9,13H2,1H3,(H,29,37)(H,30,33,35). The average Bonchev–Trinajstić information content (AvgIpc) is 3.13. The number of hydrogen-bond acceptors (Lipinski definition) is 6. The van der Waals surface area contributed by atoms with Crippen molar-refractivity contribution in [2.75, 3.05) is 17.2 Å². The number of rotatable bonds is 4. The maximum atomic E-state index is 12.9. The first-order valence-corrected chi connectivity index (χ1v) is 12.2. The summed E-state index contributed by atoms with van der Waals surface area (Å²) < 4.78 is 0. The van der Waals surface area contributed by atoms with Gasteiger partial charge in [0.05, 0.1) is 0 Å². The number of nitrogens with zero attached hydrogens (tertiary/aromatic N) is 2. The second-order valence-electron chi connectivity index (χ2n) is 9.21. The highest BCUT2D eigenvalue weighted by atomic mass is 35.5. The van der Waals surface area contributed by atoms with Crippen molar-refractivity contribution in [3.8, 4) is 0 Å². The summed E-state index contributed by atoms with van der Waals surface area (Å²) >= 11 is 6.16. The fourth-order valence-electron chi connectivity index (χ4n) is 4.63. The van der Waals surface area contributed by atoms with Crippen LogP contribution in [-0.2, 0) is 32.1 Å². The van der Waals surface area contributed by atoms with Gasteiger partial charge in [-0.1, -0.05) is 23.7 Å². The van der Waals surface area contributed by atoms with Crippen molar-refractivity contribution < 1.29 is 24.0 Å². The lowest BCUT2D eigenvalue weighted by Crippen LogP contribution is -2.54. The van der Waals surface area contributed by atoms with Crippen LogP contribution in [0.5, 0.6) is 0 Å². The molecule has 0 bridgehead atoms. The average molecular weight is 522 g/mol. The van der Waals surface area contributed by atoms with Gasteiger partial charge in [-0.05, 0) is 60.7 Å². The number of nitrogens with one attached hydrogen (secondary N) is 3. The summed E-state index contributed by atoms with van der Waals surface area (Å²) in [5.74, 6) is -2.33. The minimum Gasteiger partial charge on any atom is -0.351 e. The molecule has 0 aliphatic carbocycles. The van der Waals surface area contributed by atoms with Gasteiger partial charge in [-0.25, -0.2) is 4.79 Å². The van der Waals surface area contributed by atoms with E-state index in [0.29, 0.717) is 35.9 Å². The first-order valence-electron chi connectivity index (χ1n) is 11.8. The monoisotopic (exact) mass is 521 g/mol. The third-order valence-corrected chi connectivity index (χ3v) is 7.09. The predicted octanol–water partition coefficient (Wildman–Crippen LogP) is 2.71. The smallest absolute Gasteiger partial charge is 0.322 e. The molecule has 5 rings (SSSR count). The first kappa shape index (κ1) is 24.5. The summed E-state index contributed by atoms with van der Waals surface area (Å²) in [6.45, 7) is 2.80. The molecule has 11 heteroatoms. The highest BCUT2D eigenvalue weighted by Gasteiger charge is 2.42. The molecule has 0 saturated carbocycles. The number of benzene rings is 2. The minimum absolute atomic E-state index is 0.0382. The molecule has 1 unspecified atom stereocenters. The highest BCUT2D eigenvalue weighted by Crippen LogP contribution is 2.27. The van der Waals surface area contributed by atoms with E-state index >= 15 is 0 Å². The van der Waals surface area contributed by atoms with Crippen LogP contribution in [0.4, 0.5) is 16.2 Å². The molecule has 2 aromatic carbocycles. The van der Waals surface area contributed by atoms with Gasteiger partial charge in [0.1, 0.15) is 11.7 Å². The van der Waals surface area contributed by atoms with Crippen LogP contribution in [0.2, 0.25) is 5.02 Å². The molecule has 190 valence electrons. The second-order valence-corrected chi connectivity index (χ2v) is 9.62. The SMILES string of the molecule is Cc1ccc(NC(=O)N2CCc3ccc(NC4=CC(=O)N(C5CCC(=O)NC5=O)C4=O)cc3C2)cc1Cl. The quantitative estimate of drug-likeness (QED) is 0.531. The van der Waals surface area contributed by atoms with Crippen LogP contribution in [-0.4, -0.2) is 52.0 Å². The van der Waals surface area contributed by atoms with E-state index in [4.69, 9.17) is 11.6 Å². The zero-order chi connectivity index (χ0) is 26.3. The number of fused-ring (bicyclic) bond motifs is 1. The molecule has 6 amide bonds. The summed E-state index contributed by atoms with van der Waals surface area (Å²) in [6, 6.07) is 9.64. The van der Waals surface area contributed by atoms with Crippen molar-refractivity contribution in [3.05, 3.63) is 69.9 Å². The van der Waals surface area contributed by atoms with Crippen molar-refractivity contribution >= 4 is 52.6 Å². The lowest BCUT2D eigenvalue weighted by molar-refractivity contribution is -0.149. The van der Waals surface area contributed by atoms with Gasteiger partial charge in [0.15, 0.2) is 0 Å². The van der Waals surface area contributed by atoms with E-state index in [9.17, 15) is 24.0 Å². The zero-order valence-electron chi connectivity index (χ0n) is 20.0. The summed E-state index contributed by atoms with van der Waals surface area (Å²) in [7, 11) is 0. The summed E-state index contributed by atoms with van der Waals surface area (Å²) in [6.07, 6.45) is 1.97. The number of hydrogen-bond donors (Lipinski definition) is 3. The van der Waals surface area contributed by atoms with Gasteiger partial charge in [0, 0.05) is 42.0 Å². The van der Waals surface area contributed by atoms with E-state index in [1.54, 1.807) is 23.1 Å². The third kappa shape index (κ3) is 4.92. The van der Waals surface area contributed by atoms with Crippen LogP contribution in [0.15, 0.2) is 48.2 Å². The second kappa shape index (κ2) is 9.70. The molecular weight excluding hydrogens is 498 g/mol. The molecule has 37 heavy (non-hydrogen) atoms. The van der Waals surface area contributed by atoms with Crippen LogP contribution in [0, 0.1) is 6.92 Å². The van der Waals surface area contributed by atoms with Crippen LogP contribution in [0.25, 0.3) is 0 Å².